The lowest BCUT2D eigenvalue weighted by atomic mass is 9.88. The first-order chi connectivity index (χ1) is 16.9. The van der Waals surface area contributed by atoms with Crippen molar-refractivity contribution in [2.75, 3.05) is 11.1 Å². The molecule has 0 saturated carbocycles. The molecule has 1 amide bonds. The summed E-state index contributed by atoms with van der Waals surface area (Å²) in [5.74, 6) is -1.15. The number of anilines is 2. The largest absolute Gasteiger partial charge is 0.390 e. The zero-order valence-corrected chi connectivity index (χ0v) is 19.3. The highest BCUT2D eigenvalue weighted by Gasteiger charge is 2.41. The predicted octanol–water partition coefficient (Wildman–Crippen LogP) is 4.21. The number of hydrogen-bond acceptors (Lipinski definition) is 8. The van der Waals surface area contributed by atoms with E-state index in [0.29, 0.717) is 17.0 Å². The van der Waals surface area contributed by atoms with Crippen molar-refractivity contribution in [2.24, 2.45) is 5.41 Å². The van der Waals surface area contributed by atoms with Gasteiger partial charge < -0.3 is 20.6 Å². The average molecular weight is 505 g/mol. The molecule has 0 saturated heterocycles. The van der Waals surface area contributed by atoms with Gasteiger partial charge in [0, 0.05) is 11.6 Å². The molecular formula is C23H23F4N7O2. The third kappa shape index (κ3) is 5.62. The minimum absolute atomic E-state index is 0.0130. The Morgan fingerprint density at radius 3 is 2.64 bits per heavy atom. The molecule has 1 aliphatic rings. The lowest BCUT2D eigenvalue weighted by molar-refractivity contribution is -0.162. The Kier molecular flexibility index (Phi) is 6.67. The fraction of sp³-hybridized carbons (Fsp3) is 0.304. The van der Waals surface area contributed by atoms with Crippen molar-refractivity contribution in [3.63, 3.8) is 0 Å². The van der Waals surface area contributed by atoms with Crippen LogP contribution in [0.25, 0.3) is 5.70 Å². The summed E-state index contributed by atoms with van der Waals surface area (Å²) in [6.07, 6.45) is -1.44. The van der Waals surface area contributed by atoms with E-state index in [1.165, 1.54) is 32.4 Å². The molecule has 4 N–H and O–H groups in total. The molecule has 1 aromatic carbocycles. The van der Waals surface area contributed by atoms with Gasteiger partial charge in [-0.05, 0) is 12.1 Å². The molecule has 9 nitrogen and oxygen atoms in total. The van der Waals surface area contributed by atoms with Crippen LogP contribution in [0.1, 0.15) is 43.4 Å². The first-order valence-electron chi connectivity index (χ1n) is 10.8. The Hall–Kier alpha value is -4.00. The number of hydrazine groups is 1. The van der Waals surface area contributed by atoms with E-state index in [1.54, 1.807) is 35.4 Å². The summed E-state index contributed by atoms with van der Waals surface area (Å²) in [6, 6.07) is 7.36. The molecule has 3 heterocycles. The van der Waals surface area contributed by atoms with Crippen LogP contribution in [0.5, 0.6) is 0 Å². The van der Waals surface area contributed by atoms with Crippen LogP contribution in [0.3, 0.4) is 0 Å². The van der Waals surface area contributed by atoms with Gasteiger partial charge in [-0.2, -0.15) is 13.2 Å². The van der Waals surface area contributed by atoms with E-state index in [4.69, 9.17) is 10.3 Å². The van der Waals surface area contributed by atoms with Gasteiger partial charge in [0.05, 0.1) is 30.3 Å². The number of nitrogens with two attached hydrogens (primary N) is 1. The molecule has 0 bridgehead atoms. The van der Waals surface area contributed by atoms with E-state index in [1.807, 2.05) is 0 Å². The normalized spacial score (nSPS) is 16.2. The summed E-state index contributed by atoms with van der Waals surface area (Å²) in [4.78, 5) is 20.9. The number of carbonyl (C=O) groups excluding carboxylic acids is 1. The number of amides is 1. The second-order valence-electron chi connectivity index (χ2n) is 8.88. The molecule has 4 rings (SSSR count). The van der Waals surface area contributed by atoms with E-state index in [-0.39, 0.29) is 29.7 Å². The molecule has 36 heavy (non-hydrogen) atoms. The highest BCUT2D eigenvalue weighted by Crippen LogP contribution is 2.35. The number of carbonyl (C=O) groups is 1. The van der Waals surface area contributed by atoms with E-state index < -0.39 is 30.0 Å². The molecule has 1 atom stereocenters. The van der Waals surface area contributed by atoms with Crippen molar-refractivity contribution < 1.29 is 26.9 Å². The summed E-state index contributed by atoms with van der Waals surface area (Å²) < 4.78 is 57.6. The third-order valence-electron chi connectivity index (χ3n) is 5.52. The fourth-order valence-corrected chi connectivity index (χ4v) is 3.68. The van der Waals surface area contributed by atoms with Crippen molar-refractivity contribution in [1.29, 1.82) is 0 Å². The van der Waals surface area contributed by atoms with Crippen molar-refractivity contribution in [2.45, 2.75) is 39.0 Å². The molecule has 0 fully saturated rings. The molecule has 1 unspecified atom stereocenters. The van der Waals surface area contributed by atoms with Gasteiger partial charge in [-0.3, -0.25) is 4.79 Å². The highest BCUT2D eigenvalue weighted by atomic mass is 19.4. The SMILES string of the molecule is CC(C)(CC(F)(F)F)C(=O)Nc1cnc(C2C=C(c3ccon3)N(Cc3ccccc3F)N2)nc1N. The molecule has 0 radical (unpaired) electrons. The summed E-state index contributed by atoms with van der Waals surface area (Å²) in [6.45, 7) is 2.52. The summed E-state index contributed by atoms with van der Waals surface area (Å²) in [5, 5.41) is 7.97. The number of nitrogen functional groups attached to an aromatic ring is 1. The van der Waals surface area contributed by atoms with E-state index in [2.05, 4.69) is 25.9 Å². The first kappa shape index (κ1) is 25.1. The first-order valence-corrected chi connectivity index (χ1v) is 10.8. The smallest absolute Gasteiger partial charge is 0.382 e. The Bertz CT molecular complexity index is 1280. The number of aromatic nitrogens is 3. The summed E-state index contributed by atoms with van der Waals surface area (Å²) >= 11 is 0. The van der Waals surface area contributed by atoms with Crippen LogP contribution in [0.4, 0.5) is 29.1 Å². The van der Waals surface area contributed by atoms with E-state index in [9.17, 15) is 22.4 Å². The average Bonchev–Trinajstić information content (AvgIpc) is 3.45. The van der Waals surface area contributed by atoms with Crippen molar-refractivity contribution >= 4 is 23.1 Å². The summed E-state index contributed by atoms with van der Waals surface area (Å²) in [5.41, 5.74) is 8.92. The minimum Gasteiger partial charge on any atom is -0.382 e. The number of rotatable bonds is 7. The number of nitrogens with zero attached hydrogens (tertiary/aromatic N) is 4. The van der Waals surface area contributed by atoms with Crippen molar-refractivity contribution in [3.8, 4) is 0 Å². The molecular weight excluding hydrogens is 482 g/mol. The number of hydrogen-bond donors (Lipinski definition) is 3. The predicted molar refractivity (Wildman–Crippen MR) is 122 cm³/mol. The van der Waals surface area contributed by atoms with Gasteiger partial charge in [0.1, 0.15) is 29.5 Å². The Labute approximate surface area is 203 Å². The van der Waals surface area contributed by atoms with Crippen LogP contribution in [0.2, 0.25) is 0 Å². The molecule has 1 aliphatic heterocycles. The third-order valence-corrected chi connectivity index (χ3v) is 5.52. The Morgan fingerprint density at radius 1 is 1.25 bits per heavy atom. The van der Waals surface area contributed by atoms with Gasteiger partial charge in [0.15, 0.2) is 11.6 Å². The lowest BCUT2D eigenvalue weighted by Gasteiger charge is -2.25. The lowest BCUT2D eigenvalue weighted by Crippen LogP contribution is -2.35. The summed E-state index contributed by atoms with van der Waals surface area (Å²) in [7, 11) is 0. The maximum Gasteiger partial charge on any atom is 0.390 e. The Balaban J connectivity index is 1.54. The standard InChI is InChI=1S/C23H23F4N7O2/c1-22(2,12-23(25,26)27)21(35)30-17-10-29-20(31-19(17)28)16-9-18(15-7-8-36-33-15)34(32-16)11-13-5-3-4-6-14(13)24/h3-10,16,32H,11-12H2,1-2H3,(H,30,35)(H2,28,29,31). The highest BCUT2D eigenvalue weighted by molar-refractivity contribution is 5.96. The van der Waals surface area contributed by atoms with Gasteiger partial charge in [0.25, 0.3) is 0 Å². The van der Waals surface area contributed by atoms with Crippen LogP contribution >= 0.6 is 0 Å². The van der Waals surface area contributed by atoms with E-state index in [0.717, 1.165) is 0 Å². The topological polar surface area (TPSA) is 122 Å². The van der Waals surface area contributed by atoms with Gasteiger partial charge in [-0.15, -0.1) is 0 Å². The van der Waals surface area contributed by atoms with Gasteiger partial charge >= 0.3 is 6.18 Å². The Morgan fingerprint density at radius 2 is 2.00 bits per heavy atom. The number of benzene rings is 1. The molecule has 0 spiro atoms. The number of nitrogens with one attached hydrogen (secondary N) is 2. The van der Waals surface area contributed by atoms with Crippen LogP contribution in [0, 0.1) is 11.2 Å². The molecule has 2 aromatic heterocycles. The zero-order valence-electron chi connectivity index (χ0n) is 19.3. The number of halogens is 4. The van der Waals surface area contributed by atoms with Crippen LogP contribution in [-0.4, -0.2) is 32.2 Å². The molecule has 13 heteroatoms. The van der Waals surface area contributed by atoms with Crippen LogP contribution in [-0.2, 0) is 11.3 Å². The second-order valence-corrected chi connectivity index (χ2v) is 8.88. The second kappa shape index (κ2) is 9.57. The van der Waals surface area contributed by atoms with Crippen molar-refractivity contribution in [1.82, 2.24) is 25.6 Å². The minimum atomic E-state index is -4.51. The fourth-order valence-electron chi connectivity index (χ4n) is 3.68. The van der Waals surface area contributed by atoms with Gasteiger partial charge in [-0.1, -0.05) is 37.2 Å². The van der Waals surface area contributed by atoms with Gasteiger partial charge in [0.2, 0.25) is 5.91 Å². The maximum atomic E-state index is 14.3. The maximum absolute atomic E-state index is 14.3. The molecule has 3 aromatic rings. The van der Waals surface area contributed by atoms with Crippen LogP contribution < -0.4 is 16.5 Å². The quantitative estimate of drug-likeness (QED) is 0.409. The van der Waals surface area contributed by atoms with Crippen LogP contribution in [0.15, 0.2) is 53.4 Å². The van der Waals surface area contributed by atoms with E-state index >= 15 is 0 Å². The molecule has 0 aliphatic carbocycles. The molecule has 190 valence electrons. The van der Waals surface area contributed by atoms with Crippen molar-refractivity contribution in [3.05, 3.63) is 71.8 Å². The van der Waals surface area contributed by atoms with Gasteiger partial charge in [-0.25, -0.2) is 19.8 Å². The zero-order chi connectivity index (χ0) is 26.1. The monoisotopic (exact) mass is 505 g/mol. The number of alkyl halides is 3.